The van der Waals surface area contributed by atoms with Crippen LogP contribution in [0, 0.1) is 0 Å². The van der Waals surface area contributed by atoms with Crippen molar-refractivity contribution in [3.05, 3.63) is 0 Å². The van der Waals surface area contributed by atoms with Crippen molar-refractivity contribution >= 4 is 42.0 Å². The Morgan fingerprint density at radius 1 is 0.619 bits per heavy atom. The Morgan fingerprint density at radius 3 is 1.50 bits per heavy atom. The predicted octanol–water partition coefficient (Wildman–Crippen LogP) is -1.45. The summed E-state index contributed by atoms with van der Waals surface area (Å²) in [6, 6.07) is 0. The van der Waals surface area contributed by atoms with Gasteiger partial charge in [0.2, 0.25) is 5.78 Å². The van der Waals surface area contributed by atoms with Crippen LogP contribution in [0.1, 0.15) is 32.6 Å². The van der Waals surface area contributed by atoms with Gasteiger partial charge in [-0.15, -0.1) is 0 Å². The number of carbonyl (C=O) groups excluding carboxylic acids is 7. The van der Waals surface area contributed by atoms with Crippen LogP contribution < -0.4 is 0 Å². The molecule has 0 aliphatic heterocycles. The van der Waals surface area contributed by atoms with Crippen molar-refractivity contribution in [1.82, 2.24) is 0 Å². The first-order chi connectivity index (χ1) is 20.1. The molecule has 0 aromatic rings. The molecule has 16 heteroatoms. The lowest BCUT2D eigenvalue weighted by Crippen LogP contribution is -2.20. The van der Waals surface area contributed by atoms with Crippen molar-refractivity contribution in [3.63, 3.8) is 0 Å². The Hall–Kier alpha value is -2.99. The molecule has 244 valence electrons. The van der Waals surface area contributed by atoms with Gasteiger partial charge >= 0.3 is 23.7 Å². The number of methoxy groups -OCH3 is 2. The third-order valence-electron chi connectivity index (χ3n) is 4.18. The minimum absolute atomic E-state index is 0.00269. The second-order valence-corrected chi connectivity index (χ2v) is 7.58. The van der Waals surface area contributed by atoms with Crippen molar-refractivity contribution < 1.29 is 76.6 Å². The van der Waals surface area contributed by atoms with Crippen LogP contribution in [-0.2, 0) is 66.4 Å². The van der Waals surface area contributed by atoms with Gasteiger partial charge in [0, 0.05) is 26.4 Å². The number of Topliss-reactive ketones (excluding diaryl/α,β-unsaturated/α-hetero) is 3. The van der Waals surface area contributed by atoms with Gasteiger partial charge in [-0.05, 0) is 6.92 Å². The molecule has 0 spiro atoms. The van der Waals surface area contributed by atoms with Gasteiger partial charge in [-0.2, -0.15) is 0 Å². The average Bonchev–Trinajstić information content (AvgIpc) is 2.99. The molecule has 0 aromatic carbocycles. The van der Waals surface area contributed by atoms with Gasteiger partial charge < -0.3 is 48.2 Å². The fourth-order valence-electron chi connectivity index (χ4n) is 2.08. The first kappa shape index (κ1) is 43.5. The molecule has 16 nitrogen and oxygen atoms in total. The number of hydrogen-bond donors (Lipinski definition) is 2. The van der Waals surface area contributed by atoms with E-state index in [0.29, 0.717) is 52.9 Å². The zero-order chi connectivity index (χ0) is 32.4. The van der Waals surface area contributed by atoms with Gasteiger partial charge in [-0.25, -0.2) is 4.79 Å². The molecule has 0 aliphatic carbocycles. The molecule has 0 saturated heterocycles. The van der Waals surface area contributed by atoms with E-state index in [4.69, 9.17) is 38.6 Å². The maximum absolute atomic E-state index is 11.2. The zero-order valence-electron chi connectivity index (χ0n) is 24.6. The molecule has 0 amide bonds. The van der Waals surface area contributed by atoms with Gasteiger partial charge in [-0.1, -0.05) is 0 Å². The highest BCUT2D eigenvalue weighted by Crippen LogP contribution is 1.95. The maximum Gasteiger partial charge on any atom is 0.648 e. The molecule has 0 rings (SSSR count). The van der Waals surface area contributed by atoms with Crippen LogP contribution in [0.25, 0.3) is 0 Å². The normalized spacial score (nSPS) is 9.83. The number of aliphatic hydroxyl groups excluding tert-OH is 2. The Kier molecular flexibility index (Phi) is 35.4. The summed E-state index contributed by atoms with van der Waals surface area (Å²) in [7, 11) is 2.79. The molecule has 0 aromatic heterocycles. The van der Waals surface area contributed by atoms with Crippen LogP contribution in [0.3, 0.4) is 0 Å². The highest BCUT2D eigenvalue weighted by atomic mass is 16.6. The third kappa shape index (κ3) is 35.0. The first-order valence-electron chi connectivity index (χ1n) is 12.9. The van der Waals surface area contributed by atoms with E-state index in [1.54, 1.807) is 7.11 Å². The van der Waals surface area contributed by atoms with Crippen LogP contribution >= 0.6 is 0 Å². The number of aliphatic hydroxyl groups is 2. The molecule has 0 radical (unpaired) electrons. The quantitative estimate of drug-likeness (QED) is 0.0551. The van der Waals surface area contributed by atoms with E-state index in [9.17, 15) is 28.8 Å². The number of ketones is 3. The van der Waals surface area contributed by atoms with Gasteiger partial charge in [-0.3, -0.25) is 18.8 Å². The van der Waals surface area contributed by atoms with E-state index in [2.05, 4.69) is 16.0 Å². The standard InChI is InChI=1S/C13H22O7.C7H9O5.C6H14O4/c1-11(14)3-4-12(15)13(16)20-10-9-19-8-7-18-6-5-17-2;1-11-6(9)4-3-5(8)7(10)12-2;7-1-3-9-5-6-10-4-2-8/h3-10H2,1-2H3;2-4H2,1H3;7-8H,1-6H2/q;+1;. The SMILES string of the molecule is C=[O+]C(=O)C(=O)CCC(=O)OC.COCCOCCOCCOC(=O)C(=O)CCC(C)=O.OCCOCCOCCO. The monoisotopic (exact) mass is 613 g/mol. The third-order valence-corrected chi connectivity index (χ3v) is 4.18. The Balaban J connectivity index is -0.000000590. The molecule has 0 fully saturated rings. The molecule has 0 unspecified atom stereocenters. The topological polar surface area (TPSA) is 219 Å². The molecule has 0 atom stereocenters. The second-order valence-electron chi connectivity index (χ2n) is 7.58. The average molecular weight is 614 g/mol. The van der Waals surface area contributed by atoms with E-state index in [1.807, 2.05) is 0 Å². The smallest absolute Gasteiger partial charge is 0.469 e. The van der Waals surface area contributed by atoms with E-state index >= 15 is 0 Å². The van der Waals surface area contributed by atoms with E-state index in [0.717, 1.165) is 0 Å². The summed E-state index contributed by atoms with van der Waals surface area (Å²) in [5.41, 5.74) is 0. The minimum atomic E-state index is -1.04. The van der Waals surface area contributed by atoms with Crippen molar-refractivity contribution in [2.75, 3.05) is 93.5 Å². The highest BCUT2D eigenvalue weighted by Gasteiger charge is 2.25. The number of hydrogen-bond acceptors (Lipinski definition) is 15. The van der Waals surface area contributed by atoms with Gasteiger partial charge in [0.25, 0.3) is 0 Å². The maximum atomic E-state index is 11.2. The van der Waals surface area contributed by atoms with Gasteiger partial charge in [0.15, 0.2) is 6.79 Å². The Bertz CT molecular complexity index is 745. The molecular weight excluding hydrogens is 568 g/mol. The molecule has 2 N–H and O–H groups in total. The first-order valence-corrected chi connectivity index (χ1v) is 12.9. The van der Waals surface area contributed by atoms with Crippen LogP contribution in [-0.4, -0.2) is 146 Å². The summed E-state index contributed by atoms with van der Waals surface area (Å²) in [6.45, 7) is 7.88. The molecule has 0 saturated carbocycles. The summed E-state index contributed by atoms with van der Waals surface area (Å²) >= 11 is 0. The summed E-state index contributed by atoms with van der Waals surface area (Å²) < 4.78 is 37.7. The van der Waals surface area contributed by atoms with E-state index in [-0.39, 0.29) is 57.9 Å². The molecule has 0 heterocycles. The molecule has 42 heavy (non-hydrogen) atoms. The van der Waals surface area contributed by atoms with Crippen molar-refractivity contribution in [1.29, 1.82) is 0 Å². The van der Waals surface area contributed by atoms with Gasteiger partial charge in [0.1, 0.15) is 12.4 Å². The lowest BCUT2D eigenvalue weighted by Gasteiger charge is -2.06. The number of rotatable bonds is 24. The zero-order valence-corrected chi connectivity index (χ0v) is 24.6. The van der Waals surface area contributed by atoms with Crippen molar-refractivity contribution in [2.45, 2.75) is 32.6 Å². The Morgan fingerprint density at radius 2 is 1.07 bits per heavy atom. The lowest BCUT2D eigenvalue weighted by atomic mass is 10.2. The van der Waals surface area contributed by atoms with Crippen LogP contribution in [0.2, 0.25) is 0 Å². The molecular formula is C26H45O16+. The number of esters is 2. The van der Waals surface area contributed by atoms with E-state index < -0.39 is 29.5 Å². The number of ether oxygens (including phenoxy) is 7. The summed E-state index contributed by atoms with van der Waals surface area (Å²) in [4.78, 5) is 64.6. The predicted molar refractivity (Wildman–Crippen MR) is 144 cm³/mol. The fourth-order valence-corrected chi connectivity index (χ4v) is 2.08. The summed E-state index contributed by atoms with van der Waals surface area (Å²) in [5.74, 6) is -4.12. The fraction of sp³-hybridized carbons (Fsp3) is 0.731. The van der Waals surface area contributed by atoms with Crippen LogP contribution in [0.15, 0.2) is 0 Å². The molecule has 0 bridgehead atoms. The minimum Gasteiger partial charge on any atom is -0.469 e. The van der Waals surface area contributed by atoms with Crippen LogP contribution in [0.5, 0.6) is 0 Å². The molecule has 0 aliphatic rings. The largest absolute Gasteiger partial charge is 0.648 e. The highest BCUT2D eigenvalue weighted by molar-refractivity contribution is 6.33. The second kappa shape index (κ2) is 34.2. The lowest BCUT2D eigenvalue weighted by molar-refractivity contribution is -0.362. The van der Waals surface area contributed by atoms with Crippen molar-refractivity contribution in [3.8, 4) is 0 Å². The van der Waals surface area contributed by atoms with E-state index in [1.165, 1.54) is 14.0 Å². The summed E-state index contributed by atoms with van der Waals surface area (Å²) in [5, 5.41) is 16.5. The summed E-state index contributed by atoms with van der Waals surface area (Å²) in [6.07, 6.45) is -0.378. The van der Waals surface area contributed by atoms with Crippen molar-refractivity contribution in [2.24, 2.45) is 0 Å². The Labute approximate surface area is 245 Å². The van der Waals surface area contributed by atoms with Crippen LogP contribution in [0.4, 0.5) is 0 Å². The number of carbonyl (C=O) groups is 6. The van der Waals surface area contributed by atoms with Gasteiger partial charge in [0.05, 0.1) is 91.0 Å².